The van der Waals surface area contributed by atoms with Crippen LogP contribution in [0.2, 0.25) is 0 Å². The van der Waals surface area contributed by atoms with E-state index < -0.39 is 0 Å². The van der Waals surface area contributed by atoms with Crippen LogP contribution in [0.5, 0.6) is 0 Å². The first-order valence-corrected chi connectivity index (χ1v) is 3.48. The molecule has 0 heterocycles. The molecule has 1 aromatic carbocycles. The molecule has 60 valence electrons. The van der Waals surface area contributed by atoms with Crippen LogP contribution >= 0.6 is 22.1 Å². The van der Waals surface area contributed by atoms with E-state index in [1.54, 1.807) is 0 Å². The third-order valence-electron chi connectivity index (χ3n) is 1.41. The number of hydrogen-bond donors (Lipinski definition) is 1. The minimum Gasteiger partial charge on any atom is -0.389 e. The van der Waals surface area contributed by atoms with Gasteiger partial charge in [0.1, 0.15) is 4.99 Å². The average Bonchev–Trinajstić information content (AvgIpc) is 1.88. The first-order valence-electron chi connectivity index (χ1n) is 3.07. The number of benzene rings is 1. The summed E-state index contributed by atoms with van der Waals surface area (Å²) in [5.74, 6) is 0. The molecule has 1 rings (SSSR count). The van der Waals surface area contributed by atoms with Gasteiger partial charge in [-0.15, -0.1) is 0 Å². The van der Waals surface area contributed by atoms with Gasteiger partial charge < -0.3 is 5.73 Å². The predicted molar refractivity (Wildman–Crippen MR) is 58.2 cm³/mol. The topological polar surface area (TPSA) is 26.0 Å². The van der Waals surface area contributed by atoms with E-state index in [4.69, 9.17) is 18.0 Å². The van der Waals surface area contributed by atoms with Gasteiger partial charge in [-0.1, -0.05) is 36.5 Å². The lowest BCUT2D eigenvalue weighted by molar-refractivity contribution is 1.44. The van der Waals surface area contributed by atoms with Gasteiger partial charge in [0.05, 0.1) is 0 Å². The van der Waals surface area contributed by atoms with E-state index in [-0.39, 0.29) is 9.90 Å². The van der Waals surface area contributed by atoms with Crippen LogP contribution in [0, 0.1) is 6.92 Å². The molecule has 0 aromatic heterocycles. The van der Waals surface area contributed by atoms with E-state index in [1.165, 1.54) is 0 Å². The second-order valence-electron chi connectivity index (χ2n) is 2.18. The molecule has 0 saturated heterocycles. The molecule has 0 radical (unpaired) electrons. The van der Waals surface area contributed by atoms with Crippen molar-refractivity contribution in [3.63, 3.8) is 0 Å². The van der Waals surface area contributed by atoms with Crippen molar-refractivity contribution in [1.82, 2.24) is 0 Å². The molecule has 0 amide bonds. The van der Waals surface area contributed by atoms with Crippen molar-refractivity contribution in [3.8, 4) is 0 Å². The summed E-state index contributed by atoms with van der Waals surface area (Å²) in [6, 6.07) is 7.82. The van der Waals surface area contributed by atoms with Gasteiger partial charge in [-0.2, -0.15) is 9.90 Å². The lowest BCUT2D eigenvalue weighted by Crippen LogP contribution is -2.10. The van der Waals surface area contributed by atoms with Crippen LogP contribution in [-0.4, -0.2) is 4.99 Å². The van der Waals surface area contributed by atoms with Gasteiger partial charge in [0.15, 0.2) is 0 Å². The number of hydrogen-bond acceptors (Lipinski definition) is 1. The van der Waals surface area contributed by atoms with Crippen LogP contribution in [0.4, 0.5) is 0 Å². The monoisotopic (exact) mass is 185 g/mol. The van der Waals surface area contributed by atoms with Crippen molar-refractivity contribution in [2.75, 3.05) is 0 Å². The Kier molecular flexibility index (Phi) is 4.24. The van der Waals surface area contributed by atoms with Crippen molar-refractivity contribution >= 4 is 27.1 Å². The van der Waals surface area contributed by atoms with Crippen molar-refractivity contribution in [3.05, 3.63) is 35.4 Å². The molecule has 1 nitrogen and oxygen atoms in total. The summed E-state index contributed by atoms with van der Waals surface area (Å²) < 4.78 is 0. The zero-order chi connectivity index (χ0) is 7.56. The molecular weight excluding hydrogens is 173 g/mol. The highest BCUT2D eigenvalue weighted by atomic mass is 32.1. The van der Waals surface area contributed by atoms with Gasteiger partial charge in [0.2, 0.25) is 0 Å². The van der Waals surface area contributed by atoms with Crippen LogP contribution in [0.25, 0.3) is 0 Å². The summed E-state index contributed by atoms with van der Waals surface area (Å²) in [5, 5.41) is 0. The Hall–Kier alpha value is -0.460. The molecular formula is C8H12NPS. The van der Waals surface area contributed by atoms with E-state index in [1.807, 2.05) is 31.2 Å². The second kappa shape index (κ2) is 4.42. The molecule has 0 aliphatic heterocycles. The van der Waals surface area contributed by atoms with Crippen molar-refractivity contribution < 1.29 is 0 Å². The zero-order valence-corrected chi connectivity index (χ0v) is 8.73. The fraction of sp³-hybridized carbons (Fsp3) is 0.125. The molecule has 11 heavy (non-hydrogen) atoms. The maximum atomic E-state index is 5.45. The highest BCUT2D eigenvalue weighted by molar-refractivity contribution is 7.80. The Morgan fingerprint density at radius 1 is 1.36 bits per heavy atom. The summed E-state index contributed by atoms with van der Waals surface area (Å²) in [4.78, 5) is 0.470. The minimum atomic E-state index is 0. The van der Waals surface area contributed by atoms with E-state index >= 15 is 0 Å². The van der Waals surface area contributed by atoms with Crippen molar-refractivity contribution in [2.24, 2.45) is 5.73 Å². The average molecular weight is 185 g/mol. The molecule has 1 aromatic rings. The van der Waals surface area contributed by atoms with Gasteiger partial charge in [-0.3, -0.25) is 0 Å². The fourth-order valence-electron chi connectivity index (χ4n) is 0.849. The quantitative estimate of drug-likeness (QED) is 0.532. The molecule has 0 aliphatic carbocycles. The van der Waals surface area contributed by atoms with E-state index in [0.29, 0.717) is 4.99 Å². The highest BCUT2D eigenvalue weighted by Gasteiger charge is 1.96. The standard InChI is InChI=1S/C8H9NS.H3P/c1-6-4-2-3-5-7(6)8(9)10;/h2-5H,1H3,(H2,9,10);1H3. The van der Waals surface area contributed by atoms with Crippen LogP contribution in [0.15, 0.2) is 24.3 Å². The molecule has 0 aliphatic rings. The van der Waals surface area contributed by atoms with Gasteiger partial charge in [0.25, 0.3) is 0 Å². The third kappa shape index (κ3) is 2.57. The van der Waals surface area contributed by atoms with Gasteiger partial charge in [-0.05, 0) is 12.5 Å². The van der Waals surface area contributed by atoms with Gasteiger partial charge in [0, 0.05) is 5.56 Å². The Balaban J connectivity index is 0.000001000. The number of rotatable bonds is 1. The van der Waals surface area contributed by atoms with Crippen LogP contribution in [-0.2, 0) is 0 Å². The molecule has 1 atom stereocenters. The molecule has 0 fully saturated rings. The smallest absolute Gasteiger partial charge is 0.104 e. The summed E-state index contributed by atoms with van der Waals surface area (Å²) in [5.41, 5.74) is 7.55. The minimum absolute atomic E-state index is 0. The molecule has 3 heteroatoms. The second-order valence-corrected chi connectivity index (χ2v) is 2.62. The summed E-state index contributed by atoms with van der Waals surface area (Å²) >= 11 is 4.83. The number of thiocarbonyl (C=S) groups is 1. The fourth-order valence-corrected chi connectivity index (χ4v) is 1.08. The van der Waals surface area contributed by atoms with Crippen molar-refractivity contribution in [1.29, 1.82) is 0 Å². The molecule has 0 bridgehead atoms. The van der Waals surface area contributed by atoms with Gasteiger partial charge in [-0.25, -0.2) is 0 Å². The molecule has 0 spiro atoms. The lowest BCUT2D eigenvalue weighted by atomic mass is 10.1. The lowest BCUT2D eigenvalue weighted by Gasteiger charge is -2.00. The highest BCUT2D eigenvalue weighted by Crippen LogP contribution is 2.05. The number of aryl methyl sites for hydroxylation is 1. The first-order chi connectivity index (χ1) is 4.72. The van der Waals surface area contributed by atoms with Crippen LogP contribution < -0.4 is 5.73 Å². The van der Waals surface area contributed by atoms with E-state index in [0.717, 1.165) is 11.1 Å². The van der Waals surface area contributed by atoms with Crippen LogP contribution in [0.1, 0.15) is 11.1 Å². The Morgan fingerprint density at radius 2 is 1.91 bits per heavy atom. The molecule has 2 N–H and O–H groups in total. The van der Waals surface area contributed by atoms with Gasteiger partial charge >= 0.3 is 0 Å². The Morgan fingerprint density at radius 3 is 2.27 bits per heavy atom. The maximum Gasteiger partial charge on any atom is 0.104 e. The normalized spacial score (nSPS) is 8.45. The predicted octanol–water partition coefficient (Wildman–Crippen LogP) is 1.69. The molecule has 1 unspecified atom stereocenters. The Labute approximate surface area is 75.6 Å². The number of nitrogens with two attached hydrogens (primary N) is 1. The van der Waals surface area contributed by atoms with E-state index in [2.05, 4.69) is 0 Å². The van der Waals surface area contributed by atoms with E-state index in [9.17, 15) is 0 Å². The first kappa shape index (κ1) is 10.5. The summed E-state index contributed by atoms with van der Waals surface area (Å²) in [6.45, 7) is 1.99. The summed E-state index contributed by atoms with van der Waals surface area (Å²) in [6.07, 6.45) is 0. The van der Waals surface area contributed by atoms with Crippen molar-refractivity contribution in [2.45, 2.75) is 6.92 Å². The Bertz CT molecular complexity index is 260. The third-order valence-corrected chi connectivity index (χ3v) is 1.63. The SMILES string of the molecule is Cc1ccccc1C(N)=S.P. The largest absolute Gasteiger partial charge is 0.389 e. The summed E-state index contributed by atoms with van der Waals surface area (Å²) in [7, 11) is 0. The maximum absolute atomic E-state index is 5.45. The zero-order valence-electron chi connectivity index (χ0n) is 6.50. The molecule has 0 saturated carbocycles. The van der Waals surface area contributed by atoms with Crippen LogP contribution in [0.3, 0.4) is 0 Å².